The Morgan fingerprint density at radius 1 is 0.377 bits per heavy atom. The van der Waals surface area contributed by atoms with Crippen molar-refractivity contribution in [3.63, 3.8) is 0 Å². The number of hydrogen-bond donors (Lipinski definition) is 0. The SMILES string of the molecule is CCCCCCCC/C=C\CCCCCCCCCCCC(=O)OC(COC(=O)CCCCCCCCCCCCCCCCCCCCCCCCCCCCCCCCCCC)COC(OCC[N+](C)(C)C)C(=O)[O-]. The zero-order chi connectivity index (χ0) is 56.2. The average Bonchev–Trinajstić information content (AvgIpc) is 3.40. The van der Waals surface area contributed by atoms with E-state index in [2.05, 4.69) is 26.0 Å². The molecule has 0 aromatic heterocycles. The van der Waals surface area contributed by atoms with E-state index >= 15 is 0 Å². The molecule has 0 amide bonds. The minimum Gasteiger partial charge on any atom is -0.545 e. The predicted molar refractivity (Wildman–Crippen MR) is 325 cm³/mol. The van der Waals surface area contributed by atoms with E-state index in [9.17, 15) is 19.5 Å². The van der Waals surface area contributed by atoms with Crippen molar-refractivity contribution in [1.29, 1.82) is 0 Å². The maximum atomic E-state index is 12.9. The van der Waals surface area contributed by atoms with Gasteiger partial charge in [-0.3, -0.25) is 9.59 Å². The molecule has 0 N–H and O–H groups in total. The Labute approximate surface area is 478 Å². The molecule has 456 valence electrons. The highest BCUT2D eigenvalue weighted by Gasteiger charge is 2.22. The monoisotopic (exact) mass is 1090 g/mol. The van der Waals surface area contributed by atoms with Crippen LogP contribution in [-0.2, 0) is 33.3 Å². The number of carbonyl (C=O) groups is 3. The van der Waals surface area contributed by atoms with Crippen LogP contribution in [0.15, 0.2) is 12.2 Å². The maximum absolute atomic E-state index is 12.9. The van der Waals surface area contributed by atoms with Gasteiger partial charge in [0.05, 0.1) is 40.3 Å². The lowest BCUT2D eigenvalue weighted by atomic mass is 10.0. The van der Waals surface area contributed by atoms with Gasteiger partial charge >= 0.3 is 11.9 Å². The van der Waals surface area contributed by atoms with Crippen LogP contribution >= 0.6 is 0 Å². The van der Waals surface area contributed by atoms with Gasteiger partial charge in [0.1, 0.15) is 13.2 Å². The Hall–Kier alpha value is -1.97. The number of likely N-dealkylation sites (N-methyl/N-ethyl adjacent to an activating group) is 1. The lowest BCUT2D eigenvalue weighted by molar-refractivity contribution is -0.870. The van der Waals surface area contributed by atoms with Gasteiger partial charge in [-0.1, -0.05) is 309 Å². The first-order valence-electron chi connectivity index (χ1n) is 33.8. The van der Waals surface area contributed by atoms with E-state index in [0.717, 1.165) is 38.5 Å². The second-order valence-electron chi connectivity index (χ2n) is 24.5. The molecule has 0 saturated carbocycles. The number of nitrogens with zero attached hydrogens (tertiary/aromatic N) is 1. The first kappa shape index (κ1) is 75.0. The van der Waals surface area contributed by atoms with Crippen LogP contribution in [0.4, 0.5) is 0 Å². The minimum atomic E-state index is -1.62. The summed E-state index contributed by atoms with van der Waals surface area (Å²) < 4.78 is 22.8. The summed E-state index contributed by atoms with van der Waals surface area (Å²) in [6, 6.07) is 0. The van der Waals surface area contributed by atoms with Crippen LogP contribution in [0.2, 0.25) is 0 Å². The molecule has 0 heterocycles. The van der Waals surface area contributed by atoms with Gasteiger partial charge in [-0.05, 0) is 38.5 Å². The number of quaternary nitrogens is 1. The highest BCUT2D eigenvalue weighted by atomic mass is 16.7. The molecule has 0 fully saturated rings. The molecule has 0 aliphatic rings. The van der Waals surface area contributed by atoms with E-state index in [1.165, 1.54) is 276 Å². The van der Waals surface area contributed by atoms with Gasteiger partial charge in [0.15, 0.2) is 12.4 Å². The summed E-state index contributed by atoms with van der Waals surface area (Å²) in [4.78, 5) is 37.4. The van der Waals surface area contributed by atoms with Crippen molar-refractivity contribution in [1.82, 2.24) is 0 Å². The lowest BCUT2D eigenvalue weighted by Gasteiger charge is -2.26. The predicted octanol–water partition coefficient (Wildman–Crippen LogP) is 19.1. The molecule has 0 aliphatic carbocycles. The van der Waals surface area contributed by atoms with Crippen molar-refractivity contribution in [2.45, 2.75) is 360 Å². The molecule has 2 atom stereocenters. The van der Waals surface area contributed by atoms with Crippen LogP contribution in [0.1, 0.15) is 348 Å². The largest absolute Gasteiger partial charge is 0.545 e. The third-order valence-corrected chi connectivity index (χ3v) is 15.5. The molecule has 0 bridgehead atoms. The number of allylic oxidation sites excluding steroid dienone is 2. The summed E-state index contributed by atoms with van der Waals surface area (Å²) in [5.74, 6) is -2.26. The Balaban J connectivity index is 4.01. The van der Waals surface area contributed by atoms with Crippen molar-refractivity contribution in [3.8, 4) is 0 Å². The Bertz CT molecular complexity index is 1270. The van der Waals surface area contributed by atoms with Crippen LogP contribution in [0, 0.1) is 0 Å². The molecule has 0 aliphatic heterocycles. The zero-order valence-electron chi connectivity index (χ0n) is 52.1. The summed E-state index contributed by atoms with van der Waals surface area (Å²) in [6.07, 6.45) is 68.7. The second kappa shape index (κ2) is 60.1. The van der Waals surface area contributed by atoms with Crippen molar-refractivity contribution in [2.75, 3.05) is 47.5 Å². The van der Waals surface area contributed by atoms with E-state index in [0.29, 0.717) is 23.9 Å². The number of rotatable bonds is 64. The molecular weight excluding hydrogens is 959 g/mol. The van der Waals surface area contributed by atoms with E-state index in [1.54, 1.807) is 0 Å². The topological polar surface area (TPSA) is 111 Å². The lowest BCUT2D eigenvalue weighted by Crippen LogP contribution is -2.44. The Morgan fingerprint density at radius 3 is 0.961 bits per heavy atom. The van der Waals surface area contributed by atoms with Crippen molar-refractivity contribution < 1.29 is 42.9 Å². The highest BCUT2D eigenvalue weighted by Crippen LogP contribution is 2.19. The standard InChI is InChI=1S/C68H131NO8/c1-6-8-10-12-14-16-18-20-22-24-26-27-28-29-30-31-32-33-34-35-36-37-38-39-41-42-44-46-48-50-52-54-56-58-65(70)75-62-64(63-76-68(67(72)73)74-61-60-69(3,4)5)77-66(71)59-57-55-53-51-49-47-45-43-40-25-23-21-19-17-15-13-11-9-7-2/h21,23,64,68H,6-20,22,24-63H2,1-5H3/b23-21-. The maximum Gasteiger partial charge on any atom is 0.306 e. The van der Waals surface area contributed by atoms with Gasteiger partial charge in [-0.2, -0.15) is 0 Å². The molecule has 9 nitrogen and oxygen atoms in total. The zero-order valence-corrected chi connectivity index (χ0v) is 52.1. The molecule has 0 aromatic rings. The van der Waals surface area contributed by atoms with Crippen molar-refractivity contribution >= 4 is 17.9 Å². The molecule has 0 rings (SSSR count). The van der Waals surface area contributed by atoms with Crippen molar-refractivity contribution in [3.05, 3.63) is 12.2 Å². The number of hydrogen-bond acceptors (Lipinski definition) is 8. The third-order valence-electron chi connectivity index (χ3n) is 15.5. The normalized spacial score (nSPS) is 12.7. The molecule has 77 heavy (non-hydrogen) atoms. The molecule has 9 heteroatoms. The van der Waals surface area contributed by atoms with Gasteiger partial charge in [-0.25, -0.2) is 0 Å². The molecular formula is C68H131NO8. The molecule has 0 spiro atoms. The van der Waals surface area contributed by atoms with Gasteiger partial charge in [0.2, 0.25) is 0 Å². The fraction of sp³-hybridized carbons (Fsp3) is 0.926. The fourth-order valence-electron chi connectivity index (χ4n) is 10.3. The number of carboxylic acids is 1. The third kappa shape index (κ3) is 61.5. The molecule has 2 unspecified atom stereocenters. The summed E-state index contributed by atoms with van der Waals surface area (Å²) in [5.41, 5.74) is 0. The smallest absolute Gasteiger partial charge is 0.306 e. The summed E-state index contributed by atoms with van der Waals surface area (Å²) in [7, 11) is 5.94. The van der Waals surface area contributed by atoms with E-state index in [1.807, 2.05) is 21.1 Å². The minimum absolute atomic E-state index is 0.151. The number of unbranched alkanes of at least 4 members (excludes halogenated alkanes) is 47. The van der Waals surface area contributed by atoms with Gasteiger partial charge in [-0.15, -0.1) is 0 Å². The number of aliphatic carboxylic acids is 1. The first-order chi connectivity index (χ1) is 37.6. The quantitative estimate of drug-likeness (QED) is 0.0195. The Morgan fingerprint density at radius 2 is 0.662 bits per heavy atom. The van der Waals surface area contributed by atoms with E-state index in [-0.39, 0.29) is 32.2 Å². The summed E-state index contributed by atoms with van der Waals surface area (Å²) >= 11 is 0. The number of carboxylic acid groups (broad SMARTS) is 1. The first-order valence-corrected chi connectivity index (χ1v) is 33.8. The number of ether oxygens (including phenoxy) is 4. The summed E-state index contributed by atoms with van der Waals surface area (Å²) in [5, 5.41) is 11.8. The van der Waals surface area contributed by atoms with E-state index < -0.39 is 24.3 Å². The van der Waals surface area contributed by atoms with Gasteiger partial charge in [0.25, 0.3) is 0 Å². The van der Waals surface area contributed by atoms with Crippen LogP contribution in [0.5, 0.6) is 0 Å². The molecule has 0 saturated heterocycles. The van der Waals surface area contributed by atoms with Gasteiger partial charge < -0.3 is 33.3 Å². The summed E-state index contributed by atoms with van der Waals surface area (Å²) in [6.45, 7) is 4.81. The number of carbonyl (C=O) groups excluding carboxylic acids is 3. The van der Waals surface area contributed by atoms with Gasteiger partial charge in [0, 0.05) is 12.8 Å². The van der Waals surface area contributed by atoms with Crippen LogP contribution in [0.3, 0.4) is 0 Å². The van der Waals surface area contributed by atoms with E-state index in [4.69, 9.17) is 18.9 Å². The highest BCUT2D eigenvalue weighted by molar-refractivity contribution is 5.70. The van der Waals surface area contributed by atoms with Crippen LogP contribution in [-0.4, -0.2) is 82.3 Å². The fourth-order valence-corrected chi connectivity index (χ4v) is 10.3. The van der Waals surface area contributed by atoms with Crippen LogP contribution < -0.4 is 5.11 Å². The van der Waals surface area contributed by atoms with Crippen LogP contribution in [0.25, 0.3) is 0 Å². The second-order valence-corrected chi connectivity index (χ2v) is 24.5. The number of esters is 2. The van der Waals surface area contributed by atoms with Crippen molar-refractivity contribution in [2.24, 2.45) is 0 Å². The molecule has 0 aromatic carbocycles. The molecule has 0 radical (unpaired) electrons. The average molecular weight is 1090 g/mol. The Kier molecular flexibility index (Phi) is 58.6.